The average molecular weight is 409 g/mol. The van der Waals surface area contributed by atoms with E-state index in [1.54, 1.807) is 0 Å². The van der Waals surface area contributed by atoms with E-state index >= 15 is 0 Å². The number of unbranched alkanes of at least 4 members (excludes halogenated alkanes) is 15. The normalized spacial score (nSPS) is 10.9. The van der Waals surface area contributed by atoms with E-state index in [-0.39, 0.29) is 17.4 Å². The summed E-state index contributed by atoms with van der Waals surface area (Å²) in [6.07, 6.45) is 21.1. The van der Waals surface area contributed by atoms with Gasteiger partial charge in [-0.25, -0.2) is 0 Å². The molecule has 1 rings (SSSR count). The molecule has 0 fully saturated rings. The number of amides is 1. The number of carbonyl (C=O) groups is 1. The van der Waals surface area contributed by atoms with Gasteiger partial charge in [0, 0.05) is 6.54 Å². The third-order valence-corrected chi connectivity index (χ3v) is 5.31. The van der Waals surface area contributed by atoms with E-state index in [0.717, 1.165) is 18.9 Å². The summed E-state index contributed by atoms with van der Waals surface area (Å²) in [4.78, 5) is 21.8. The van der Waals surface area contributed by atoms with E-state index < -0.39 is 4.92 Å². The minimum Gasteiger partial charge on any atom is -0.358 e. The first-order valence-electron chi connectivity index (χ1n) is 11.6. The van der Waals surface area contributed by atoms with Gasteiger partial charge in [-0.3, -0.25) is 4.79 Å². The molecular weight excluding hydrogens is 368 g/mol. The van der Waals surface area contributed by atoms with Crippen LogP contribution in [0.25, 0.3) is 0 Å². The van der Waals surface area contributed by atoms with Crippen molar-refractivity contribution in [2.45, 2.75) is 110 Å². The molecule has 29 heavy (non-hydrogen) atoms. The van der Waals surface area contributed by atoms with Crippen LogP contribution in [0, 0.1) is 10.1 Å². The predicted octanol–water partition coefficient (Wildman–Crippen LogP) is 6.31. The maximum absolute atomic E-state index is 11.8. The van der Waals surface area contributed by atoms with Gasteiger partial charge in [0.2, 0.25) is 0 Å². The first kappa shape index (κ1) is 25.1. The molecule has 2 N–H and O–H groups in total. The van der Waals surface area contributed by atoms with Crippen molar-refractivity contribution < 1.29 is 9.72 Å². The standard InChI is InChI=1S/C22H40N4O3/c1-2-3-4-5-6-7-8-9-10-11-12-13-14-15-16-17-18-23-22(27)20-19-21(25-24-20)26(28)29/h19H,2-18H2,1H3,(H,23,27)(H,24,25). The van der Waals surface area contributed by atoms with Gasteiger partial charge in [-0.1, -0.05) is 108 Å². The molecule has 0 unspecified atom stereocenters. The Hall–Kier alpha value is -1.92. The number of nitrogens with one attached hydrogen (secondary N) is 2. The van der Waals surface area contributed by atoms with Crippen LogP contribution < -0.4 is 5.32 Å². The second-order valence-corrected chi connectivity index (χ2v) is 7.95. The lowest BCUT2D eigenvalue weighted by molar-refractivity contribution is -0.389. The van der Waals surface area contributed by atoms with Crippen LogP contribution in [0.15, 0.2) is 6.07 Å². The summed E-state index contributed by atoms with van der Waals surface area (Å²) >= 11 is 0. The van der Waals surface area contributed by atoms with E-state index in [4.69, 9.17) is 0 Å². The molecule has 0 radical (unpaired) electrons. The maximum atomic E-state index is 11.8. The van der Waals surface area contributed by atoms with Gasteiger partial charge in [0.25, 0.3) is 5.91 Å². The van der Waals surface area contributed by atoms with Gasteiger partial charge in [-0.15, -0.1) is 5.10 Å². The van der Waals surface area contributed by atoms with Crippen LogP contribution in [0.1, 0.15) is 120 Å². The summed E-state index contributed by atoms with van der Waals surface area (Å²) in [6.45, 7) is 2.85. The molecular formula is C22H40N4O3. The van der Waals surface area contributed by atoms with E-state index in [0.29, 0.717) is 6.54 Å². The number of nitro groups is 1. The van der Waals surface area contributed by atoms with Crippen molar-refractivity contribution in [3.8, 4) is 0 Å². The molecule has 1 aromatic rings. The van der Waals surface area contributed by atoms with Crippen molar-refractivity contribution >= 4 is 11.7 Å². The van der Waals surface area contributed by atoms with Crippen molar-refractivity contribution in [1.82, 2.24) is 15.5 Å². The SMILES string of the molecule is CCCCCCCCCCCCCCCCCCNC(=O)c1cc([N+](=O)[O-])[nH]n1. The highest BCUT2D eigenvalue weighted by atomic mass is 16.6. The van der Waals surface area contributed by atoms with Gasteiger partial charge in [-0.2, -0.15) is 0 Å². The zero-order valence-electron chi connectivity index (χ0n) is 18.2. The number of rotatable bonds is 19. The van der Waals surface area contributed by atoms with Crippen LogP contribution in [0.5, 0.6) is 0 Å². The van der Waals surface area contributed by atoms with Crippen LogP contribution in [-0.2, 0) is 0 Å². The van der Waals surface area contributed by atoms with Crippen LogP contribution in [-0.4, -0.2) is 27.6 Å². The molecule has 1 aromatic heterocycles. The summed E-state index contributed by atoms with van der Waals surface area (Å²) in [5, 5.41) is 19.2. The Labute approximate surface area is 175 Å². The molecule has 0 atom stereocenters. The number of carbonyl (C=O) groups excluding carboxylic acids is 1. The van der Waals surface area contributed by atoms with E-state index in [9.17, 15) is 14.9 Å². The van der Waals surface area contributed by atoms with Gasteiger partial charge >= 0.3 is 5.82 Å². The molecule has 0 aliphatic heterocycles. The fourth-order valence-electron chi connectivity index (χ4n) is 3.49. The summed E-state index contributed by atoms with van der Waals surface area (Å²) < 4.78 is 0. The highest BCUT2D eigenvalue weighted by molar-refractivity contribution is 5.92. The van der Waals surface area contributed by atoms with E-state index in [1.165, 1.54) is 89.9 Å². The fraction of sp³-hybridized carbons (Fsp3) is 0.818. The lowest BCUT2D eigenvalue weighted by Crippen LogP contribution is -2.24. The van der Waals surface area contributed by atoms with Crippen molar-refractivity contribution in [2.24, 2.45) is 0 Å². The summed E-state index contributed by atoms with van der Waals surface area (Å²) in [7, 11) is 0. The fourth-order valence-corrected chi connectivity index (χ4v) is 3.49. The van der Waals surface area contributed by atoms with E-state index in [2.05, 4.69) is 22.4 Å². The first-order valence-corrected chi connectivity index (χ1v) is 11.6. The minimum absolute atomic E-state index is 0.0631. The molecule has 0 saturated heterocycles. The first-order chi connectivity index (χ1) is 14.1. The summed E-state index contributed by atoms with van der Waals surface area (Å²) in [5.41, 5.74) is 0.0631. The molecule has 7 heteroatoms. The Morgan fingerprint density at radius 3 is 1.76 bits per heavy atom. The zero-order chi connectivity index (χ0) is 21.2. The number of hydrogen-bond acceptors (Lipinski definition) is 4. The van der Waals surface area contributed by atoms with Crippen molar-refractivity contribution in [2.75, 3.05) is 6.54 Å². The number of hydrogen-bond donors (Lipinski definition) is 2. The van der Waals surface area contributed by atoms with Crippen molar-refractivity contribution in [3.05, 3.63) is 21.9 Å². The second-order valence-electron chi connectivity index (χ2n) is 7.95. The molecule has 0 spiro atoms. The maximum Gasteiger partial charge on any atom is 0.343 e. The van der Waals surface area contributed by atoms with Gasteiger partial charge < -0.3 is 15.4 Å². The van der Waals surface area contributed by atoms with Gasteiger partial charge in [0.1, 0.15) is 0 Å². The molecule has 0 bridgehead atoms. The Balaban J connectivity index is 1.82. The quantitative estimate of drug-likeness (QED) is 0.159. The molecule has 1 heterocycles. The number of aromatic amines is 1. The van der Waals surface area contributed by atoms with Crippen molar-refractivity contribution in [1.29, 1.82) is 0 Å². The van der Waals surface area contributed by atoms with Crippen LogP contribution >= 0.6 is 0 Å². The topological polar surface area (TPSA) is 101 Å². The second kappa shape index (κ2) is 17.0. The highest BCUT2D eigenvalue weighted by Crippen LogP contribution is 2.13. The Morgan fingerprint density at radius 1 is 0.897 bits per heavy atom. The number of nitrogens with zero attached hydrogens (tertiary/aromatic N) is 2. The molecule has 7 nitrogen and oxygen atoms in total. The van der Waals surface area contributed by atoms with Gasteiger partial charge in [0.05, 0.1) is 6.07 Å². The van der Waals surface area contributed by atoms with Crippen LogP contribution in [0.2, 0.25) is 0 Å². The lowest BCUT2D eigenvalue weighted by Gasteiger charge is -2.04. The molecule has 0 aliphatic carbocycles. The minimum atomic E-state index is -0.598. The third kappa shape index (κ3) is 13.0. The van der Waals surface area contributed by atoms with E-state index in [1.807, 2.05) is 0 Å². The van der Waals surface area contributed by atoms with Crippen molar-refractivity contribution in [3.63, 3.8) is 0 Å². The third-order valence-electron chi connectivity index (χ3n) is 5.31. The highest BCUT2D eigenvalue weighted by Gasteiger charge is 2.15. The molecule has 166 valence electrons. The zero-order valence-corrected chi connectivity index (χ0v) is 18.2. The monoisotopic (exact) mass is 408 g/mol. The van der Waals surface area contributed by atoms with Gasteiger partial charge in [0.15, 0.2) is 5.69 Å². The van der Waals surface area contributed by atoms with Crippen LogP contribution in [0.3, 0.4) is 0 Å². The Bertz CT molecular complexity index is 560. The Kier molecular flexibility index (Phi) is 14.7. The van der Waals surface area contributed by atoms with Gasteiger partial charge in [-0.05, 0) is 11.3 Å². The average Bonchev–Trinajstić information content (AvgIpc) is 3.21. The predicted molar refractivity (Wildman–Crippen MR) is 117 cm³/mol. The molecule has 0 saturated carbocycles. The number of H-pyrrole nitrogens is 1. The lowest BCUT2D eigenvalue weighted by atomic mass is 10.0. The smallest absolute Gasteiger partial charge is 0.343 e. The molecule has 0 aliphatic rings. The Morgan fingerprint density at radius 2 is 1.34 bits per heavy atom. The molecule has 0 aromatic carbocycles. The molecule has 1 amide bonds. The van der Waals surface area contributed by atoms with Crippen LogP contribution in [0.4, 0.5) is 5.82 Å². The number of aromatic nitrogens is 2. The summed E-state index contributed by atoms with van der Waals surface area (Å²) in [5.74, 6) is -0.632. The summed E-state index contributed by atoms with van der Waals surface area (Å²) in [6, 6.07) is 1.16. The largest absolute Gasteiger partial charge is 0.358 e.